The van der Waals surface area contributed by atoms with Crippen LogP contribution >= 0.6 is 0 Å². The Morgan fingerprint density at radius 1 is 1.12 bits per heavy atom. The minimum absolute atomic E-state index is 0.153. The summed E-state index contributed by atoms with van der Waals surface area (Å²) in [5.41, 5.74) is 3.76. The van der Waals surface area contributed by atoms with Gasteiger partial charge >= 0.3 is 7.12 Å². The highest BCUT2D eigenvalue weighted by atomic mass is 16.6. The fraction of sp³-hybridized carbons (Fsp3) is 0.379. The Bertz CT molecular complexity index is 1510. The number of aliphatic hydroxyl groups excluding tert-OH is 1. The molecule has 13 heteroatoms. The van der Waals surface area contributed by atoms with Gasteiger partial charge in [0.05, 0.1) is 31.5 Å². The van der Waals surface area contributed by atoms with Crippen molar-refractivity contribution >= 4 is 36.0 Å². The van der Waals surface area contributed by atoms with Crippen molar-refractivity contribution in [3.05, 3.63) is 65.9 Å². The monoisotopic (exact) mass is 571 g/mol. The molecule has 1 saturated heterocycles. The number of fused-ring (bicyclic) bond motifs is 1. The van der Waals surface area contributed by atoms with Crippen LogP contribution in [0, 0.1) is 0 Å². The fourth-order valence-electron chi connectivity index (χ4n) is 5.17. The lowest BCUT2D eigenvalue weighted by Crippen LogP contribution is -2.36. The van der Waals surface area contributed by atoms with Gasteiger partial charge in [-0.3, -0.25) is 0 Å². The zero-order chi connectivity index (χ0) is 29.1. The van der Waals surface area contributed by atoms with Crippen LogP contribution in [0.4, 0.5) is 23.4 Å². The van der Waals surface area contributed by atoms with Gasteiger partial charge in [-0.25, -0.2) is 4.98 Å². The summed E-state index contributed by atoms with van der Waals surface area (Å²) in [5, 5.41) is 21.1. The Kier molecular flexibility index (Phi) is 8.07. The normalized spacial score (nSPS) is 16.8. The highest BCUT2D eigenvalue weighted by Crippen LogP contribution is 2.34. The first-order chi connectivity index (χ1) is 20.4. The van der Waals surface area contributed by atoms with E-state index in [0.29, 0.717) is 56.2 Å². The standard InChI is InChI=1S/C29H34BN7O5/c1-4-40-30-23-11-10-20(16-22(23)29(2,3)42-30)32-27-31-17-21(26-35-28(36-41-26)37-12-14-39-15-13-37)25(34-27)33-24(18-38)19-8-6-5-7-9-19/h5-11,16-17,24,38H,4,12-15,18H2,1-3H3,(H2,31,32,33,34)/t24-/m1/s1. The van der Waals surface area contributed by atoms with Gasteiger partial charge < -0.3 is 39.2 Å². The van der Waals surface area contributed by atoms with Crippen LogP contribution in [0.5, 0.6) is 0 Å². The van der Waals surface area contributed by atoms with Gasteiger partial charge in [-0.1, -0.05) is 36.4 Å². The zero-order valence-corrected chi connectivity index (χ0v) is 23.9. The maximum Gasteiger partial charge on any atom is 0.494 e. The summed E-state index contributed by atoms with van der Waals surface area (Å²) in [4.78, 5) is 16.0. The van der Waals surface area contributed by atoms with E-state index in [0.717, 1.165) is 22.3 Å². The molecule has 0 aliphatic carbocycles. The first kappa shape index (κ1) is 28.1. The number of ether oxygens (including phenoxy) is 1. The third-order valence-corrected chi connectivity index (χ3v) is 7.36. The van der Waals surface area contributed by atoms with E-state index in [1.54, 1.807) is 6.20 Å². The highest BCUT2D eigenvalue weighted by molar-refractivity contribution is 6.63. The third kappa shape index (κ3) is 5.81. The molecule has 1 atom stereocenters. The molecule has 1 fully saturated rings. The van der Waals surface area contributed by atoms with Crippen LogP contribution in [0.25, 0.3) is 11.5 Å². The van der Waals surface area contributed by atoms with Gasteiger partial charge in [0.1, 0.15) is 11.4 Å². The summed E-state index contributed by atoms with van der Waals surface area (Å²) >= 11 is 0. The summed E-state index contributed by atoms with van der Waals surface area (Å²) in [6.45, 7) is 8.97. The van der Waals surface area contributed by atoms with Crippen molar-refractivity contribution in [2.24, 2.45) is 0 Å². The van der Waals surface area contributed by atoms with E-state index in [1.165, 1.54) is 0 Å². The SMILES string of the molecule is CCOB1OC(C)(C)c2cc(Nc3ncc(-c4nc(N5CCOCC5)no4)c(N[C@H](CO)c4ccccc4)n3)ccc21. The number of nitrogens with one attached hydrogen (secondary N) is 2. The van der Waals surface area contributed by atoms with Crippen molar-refractivity contribution in [2.75, 3.05) is 55.1 Å². The second-order valence-corrected chi connectivity index (χ2v) is 10.6. The molecule has 0 radical (unpaired) electrons. The predicted octanol–water partition coefficient (Wildman–Crippen LogP) is 3.25. The molecule has 3 N–H and O–H groups in total. The molecule has 0 unspecified atom stereocenters. The van der Waals surface area contributed by atoms with Gasteiger partial charge in [-0.2, -0.15) is 9.97 Å². The van der Waals surface area contributed by atoms with E-state index in [9.17, 15) is 5.11 Å². The average Bonchev–Trinajstić information content (AvgIpc) is 3.60. The second kappa shape index (κ2) is 12.1. The maximum absolute atomic E-state index is 10.3. The molecule has 0 spiro atoms. The van der Waals surface area contributed by atoms with Gasteiger partial charge in [0, 0.05) is 31.6 Å². The van der Waals surface area contributed by atoms with E-state index in [-0.39, 0.29) is 12.5 Å². The molecule has 0 amide bonds. The van der Waals surface area contributed by atoms with Crippen LogP contribution in [0.2, 0.25) is 0 Å². The Labute approximate surface area is 244 Å². The number of aromatic nitrogens is 4. The van der Waals surface area contributed by atoms with Crippen LogP contribution in [0.1, 0.15) is 37.9 Å². The first-order valence-corrected chi connectivity index (χ1v) is 14.1. The van der Waals surface area contributed by atoms with Crippen molar-refractivity contribution in [3.63, 3.8) is 0 Å². The molecule has 4 heterocycles. The summed E-state index contributed by atoms with van der Waals surface area (Å²) in [6, 6.07) is 15.2. The van der Waals surface area contributed by atoms with Crippen LogP contribution in [-0.2, 0) is 19.6 Å². The quantitative estimate of drug-likeness (QED) is 0.241. The average molecular weight is 571 g/mol. The number of rotatable bonds is 10. The van der Waals surface area contributed by atoms with E-state index in [1.807, 2.05) is 74.2 Å². The minimum Gasteiger partial charge on any atom is -0.408 e. The van der Waals surface area contributed by atoms with Crippen molar-refractivity contribution in [3.8, 4) is 11.5 Å². The molecule has 2 aromatic heterocycles. The molecule has 218 valence electrons. The maximum atomic E-state index is 10.3. The molecule has 4 aromatic rings. The lowest BCUT2D eigenvalue weighted by atomic mass is 9.77. The number of hydrogen-bond donors (Lipinski definition) is 3. The zero-order valence-electron chi connectivity index (χ0n) is 23.9. The van der Waals surface area contributed by atoms with E-state index in [4.69, 9.17) is 23.6 Å². The van der Waals surface area contributed by atoms with Crippen LogP contribution < -0.4 is 21.0 Å². The molecule has 2 aliphatic rings. The van der Waals surface area contributed by atoms with Crippen LogP contribution in [0.15, 0.2) is 59.3 Å². The fourth-order valence-corrected chi connectivity index (χ4v) is 5.17. The van der Waals surface area contributed by atoms with Gasteiger partial charge in [0.15, 0.2) is 0 Å². The Morgan fingerprint density at radius 2 is 1.93 bits per heavy atom. The van der Waals surface area contributed by atoms with Crippen molar-refractivity contribution in [1.82, 2.24) is 20.1 Å². The summed E-state index contributed by atoms with van der Waals surface area (Å²) in [7, 11) is -0.398. The van der Waals surface area contributed by atoms with Gasteiger partial charge in [-0.05, 0) is 54.7 Å². The molecule has 42 heavy (non-hydrogen) atoms. The molecular weight excluding hydrogens is 537 g/mol. The molecule has 2 aromatic carbocycles. The predicted molar refractivity (Wildman–Crippen MR) is 159 cm³/mol. The molecule has 2 aliphatic heterocycles. The molecular formula is C29H34BN7O5. The number of nitrogens with zero attached hydrogens (tertiary/aromatic N) is 5. The third-order valence-electron chi connectivity index (χ3n) is 7.36. The van der Waals surface area contributed by atoms with Crippen LogP contribution in [0.3, 0.4) is 0 Å². The Hall–Kier alpha value is -4.04. The Morgan fingerprint density at radius 3 is 2.69 bits per heavy atom. The number of aliphatic hydroxyl groups is 1. The lowest BCUT2D eigenvalue weighted by molar-refractivity contribution is 0.0867. The summed E-state index contributed by atoms with van der Waals surface area (Å²) < 4.78 is 23.0. The molecule has 0 saturated carbocycles. The van der Waals surface area contributed by atoms with Gasteiger partial charge in [0.2, 0.25) is 5.95 Å². The Balaban J connectivity index is 1.32. The number of hydrogen-bond acceptors (Lipinski definition) is 12. The van der Waals surface area contributed by atoms with Crippen molar-refractivity contribution in [2.45, 2.75) is 32.4 Å². The summed E-state index contributed by atoms with van der Waals surface area (Å²) in [5.74, 6) is 1.55. The minimum atomic E-state index is -0.509. The number of morpholine rings is 1. The molecule has 12 nitrogen and oxygen atoms in total. The smallest absolute Gasteiger partial charge is 0.408 e. The van der Waals surface area contributed by atoms with E-state index in [2.05, 4.69) is 25.8 Å². The highest BCUT2D eigenvalue weighted by Gasteiger charge is 2.42. The summed E-state index contributed by atoms with van der Waals surface area (Å²) in [6.07, 6.45) is 1.64. The second-order valence-electron chi connectivity index (χ2n) is 10.6. The van der Waals surface area contributed by atoms with E-state index >= 15 is 0 Å². The number of benzene rings is 2. The molecule has 0 bridgehead atoms. The van der Waals surface area contributed by atoms with Crippen molar-refractivity contribution < 1.29 is 23.7 Å². The van der Waals surface area contributed by atoms with Crippen LogP contribution in [-0.4, -0.2) is 71.9 Å². The largest absolute Gasteiger partial charge is 0.494 e. The van der Waals surface area contributed by atoms with Gasteiger partial charge in [0.25, 0.3) is 11.8 Å². The lowest BCUT2D eigenvalue weighted by Gasteiger charge is -2.24. The van der Waals surface area contributed by atoms with Crippen molar-refractivity contribution in [1.29, 1.82) is 0 Å². The number of anilines is 4. The van der Waals surface area contributed by atoms with Gasteiger partial charge in [-0.15, -0.1) is 0 Å². The van der Waals surface area contributed by atoms with E-state index < -0.39 is 18.8 Å². The topological polar surface area (TPSA) is 140 Å². The first-order valence-electron chi connectivity index (χ1n) is 14.1. The molecule has 6 rings (SSSR count).